The van der Waals surface area contributed by atoms with Gasteiger partial charge in [-0.1, -0.05) is 66.7 Å². The molecule has 4 aromatic carbocycles. The molecule has 0 fully saturated rings. The van der Waals surface area contributed by atoms with E-state index in [1.54, 1.807) is 0 Å². The van der Waals surface area contributed by atoms with Crippen molar-refractivity contribution in [3.05, 3.63) is 113 Å². The number of fused-ring (bicyclic) bond motifs is 1. The molecule has 33 heavy (non-hydrogen) atoms. The fourth-order valence-corrected chi connectivity index (χ4v) is 7.08. The molecule has 0 amide bonds. The van der Waals surface area contributed by atoms with E-state index in [2.05, 4.69) is 122 Å². The molecular formula is C30H31NOS. The smallest absolute Gasteiger partial charge is 0.162 e. The van der Waals surface area contributed by atoms with Gasteiger partial charge in [0, 0.05) is 12.0 Å². The zero-order chi connectivity index (χ0) is 23.0. The number of anilines is 2. The van der Waals surface area contributed by atoms with Crippen molar-refractivity contribution in [2.24, 2.45) is 0 Å². The lowest BCUT2D eigenvalue weighted by Crippen LogP contribution is -2.24. The largest absolute Gasteiger partial charge is 0.429 e. The predicted octanol–water partition coefficient (Wildman–Crippen LogP) is 8.32. The van der Waals surface area contributed by atoms with Gasteiger partial charge >= 0.3 is 0 Å². The van der Waals surface area contributed by atoms with Crippen LogP contribution in [0, 0.1) is 20.8 Å². The molecule has 1 aliphatic heterocycles. The number of hydrogen-bond acceptors (Lipinski definition) is 2. The van der Waals surface area contributed by atoms with E-state index < -0.39 is 10.5 Å². The van der Waals surface area contributed by atoms with Crippen molar-refractivity contribution in [2.75, 3.05) is 16.3 Å². The fourth-order valence-electron chi connectivity index (χ4n) is 4.49. The number of nitrogens with zero attached hydrogens (tertiary/aromatic N) is 1. The molecule has 0 spiro atoms. The first-order valence-corrected chi connectivity index (χ1v) is 13.6. The maximum atomic E-state index is 6.76. The summed E-state index contributed by atoms with van der Waals surface area (Å²) < 4.78 is 9.23. The minimum Gasteiger partial charge on any atom is -0.429 e. The third-order valence-corrected chi connectivity index (χ3v) is 9.20. The van der Waals surface area contributed by atoms with E-state index in [4.69, 9.17) is 4.18 Å². The van der Waals surface area contributed by atoms with Crippen LogP contribution in [0.3, 0.4) is 0 Å². The average Bonchev–Trinajstić information content (AvgIpc) is 3.10. The van der Waals surface area contributed by atoms with E-state index in [1.807, 2.05) is 0 Å². The van der Waals surface area contributed by atoms with Gasteiger partial charge in [0.25, 0.3) is 0 Å². The Labute approximate surface area is 199 Å². The molecule has 2 nitrogen and oxygen atoms in total. The minimum absolute atomic E-state index is 0.971. The summed E-state index contributed by atoms with van der Waals surface area (Å²) in [5.41, 5.74) is 10.1. The summed E-state index contributed by atoms with van der Waals surface area (Å²) in [6.45, 7) is 6.50. The monoisotopic (exact) mass is 453 g/mol. The van der Waals surface area contributed by atoms with Gasteiger partial charge in [-0.3, -0.25) is 4.31 Å². The van der Waals surface area contributed by atoms with Crippen LogP contribution in [0.4, 0.5) is 11.4 Å². The van der Waals surface area contributed by atoms with Crippen LogP contribution in [0.25, 0.3) is 11.1 Å². The molecule has 0 N–H and O–H groups in total. The highest BCUT2D eigenvalue weighted by Crippen LogP contribution is 2.64. The lowest BCUT2D eigenvalue weighted by Gasteiger charge is -2.40. The van der Waals surface area contributed by atoms with Gasteiger partial charge in [-0.05, 0) is 95.3 Å². The second kappa shape index (κ2) is 8.64. The first kappa shape index (κ1) is 21.7. The zero-order valence-electron chi connectivity index (χ0n) is 19.8. The Morgan fingerprint density at radius 3 is 2.15 bits per heavy atom. The summed E-state index contributed by atoms with van der Waals surface area (Å²) in [7, 11) is -1.53. The van der Waals surface area contributed by atoms with E-state index in [0.29, 0.717) is 0 Å². The zero-order valence-corrected chi connectivity index (χ0v) is 20.7. The van der Waals surface area contributed by atoms with Crippen LogP contribution in [0.5, 0.6) is 5.75 Å². The van der Waals surface area contributed by atoms with Crippen molar-refractivity contribution in [3.63, 3.8) is 0 Å². The fraction of sp³-hybridized carbons (Fsp3) is 0.200. The van der Waals surface area contributed by atoms with E-state index in [-0.39, 0.29) is 0 Å². The van der Waals surface area contributed by atoms with Gasteiger partial charge in [-0.2, -0.15) is 0 Å². The van der Waals surface area contributed by atoms with Crippen LogP contribution >= 0.6 is 10.5 Å². The molecule has 3 heteroatoms. The Morgan fingerprint density at radius 2 is 1.42 bits per heavy atom. The van der Waals surface area contributed by atoms with Crippen molar-refractivity contribution in [1.82, 2.24) is 0 Å². The number of rotatable bonds is 5. The molecule has 1 aliphatic rings. The highest BCUT2D eigenvalue weighted by atomic mass is 32.3. The summed E-state index contributed by atoms with van der Waals surface area (Å²) in [5.74, 6) is 1.98. The van der Waals surface area contributed by atoms with Gasteiger partial charge in [-0.15, -0.1) is 0 Å². The van der Waals surface area contributed by atoms with Gasteiger partial charge in [0.15, 0.2) is 5.75 Å². The van der Waals surface area contributed by atoms with Gasteiger partial charge < -0.3 is 4.18 Å². The van der Waals surface area contributed by atoms with Crippen LogP contribution in [-0.4, -0.2) is 12.0 Å². The number of benzene rings is 4. The first-order chi connectivity index (χ1) is 15.9. The topological polar surface area (TPSA) is 12.5 Å². The van der Waals surface area contributed by atoms with Crippen LogP contribution < -0.4 is 8.49 Å². The lowest BCUT2D eigenvalue weighted by molar-refractivity contribution is 0.637. The first-order valence-electron chi connectivity index (χ1n) is 11.5. The third kappa shape index (κ3) is 4.26. The van der Waals surface area contributed by atoms with Crippen LogP contribution in [-0.2, 0) is 6.42 Å². The predicted molar refractivity (Wildman–Crippen MR) is 144 cm³/mol. The van der Waals surface area contributed by atoms with Gasteiger partial charge in [-0.25, -0.2) is 0 Å². The molecule has 1 heterocycles. The average molecular weight is 454 g/mol. The Bertz CT molecular complexity index is 1280. The van der Waals surface area contributed by atoms with E-state index >= 15 is 0 Å². The van der Waals surface area contributed by atoms with Gasteiger partial charge in [0.2, 0.25) is 0 Å². The van der Waals surface area contributed by atoms with Gasteiger partial charge in [0.05, 0.1) is 11.4 Å². The number of hydrogen-bond donors (Lipinski definition) is 0. The van der Waals surface area contributed by atoms with Crippen LogP contribution in [0.15, 0.2) is 91.0 Å². The lowest BCUT2D eigenvalue weighted by atomic mass is 10.0. The molecule has 4 aromatic rings. The minimum atomic E-state index is -1.53. The summed E-state index contributed by atoms with van der Waals surface area (Å²) in [6, 6.07) is 32.8. The van der Waals surface area contributed by atoms with Crippen LogP contribution in [0.2, 0.25) is 0 Å². The quantitative estimate of drug-likeness (QED) is 0.301. The van der Waals surface area contributed by atoms with Crippen molar-refractivity contribution in [2.45, 2.75) is 27.2 Å². The van der Waals surface area contributed by atoms with Crippen LogP contribution in [0.1, 0.15) is 22.3 Å². The molecule has 5 rings (SSSR count). The Morgan fingerprint density at radius 1 is 0.727 bits per heavy atom. The molecule has 1 atom stereocenters. The normalized spacial score (nSPS) is 19.0. The summed E-state index contributed by atoms with van der Waals surface area (Å²) >= 11 is 0. The van der Waals surface area contributed by atoms with E-state index in [0.717, 1.165) is 17.9 Å². The molecule has 0 radical (unpaired) electrons. The highest BCUT2D eigenvalue weighted by molar-refractivity contribution is 8.31. The molecule has 0 aliphatic carbocycles. The van der Waals surface area contributed by atoms with Crippen molar-refractivity contribution >= 4 is 21.9 Å². The maximum Gasteiger partial charge on any atom is 0.162 e. The second-order valence-electron chi connectivity index (χ2n) is 9.10. The molecule has 168 valence electrons. The van der Waals surface area contributed by atoms with E-state index in [1.165, 1.54) is 44.8 Å². The molecule has 1 unspecified atom stereocenters. The van der Waals surface area contributed by atoms with E-state index in [9.17, 15) is 0 Å². The second-order valence-corrected chi connectivity index (χ2v) is 12.0. The molecule has 0 aromatic heterocycles. The summed E-state index contributed by atoms with van der Waals surface area (Å²) in [5, 5.41) is 0. The van der Waals surface area contributed by atoms with Crippen molar-refractivity contribution in [1.29, 1.82) is 0 Å². The maximum absolute atomic E-state index is 6.76. The molecule has 0 saturated carbocycles. The molecule has 0 bridgehead atoms. The number of aryl methyl sites for hydroxylation is 4. The van der Waals surface area contributed by atoms with Crippen molar-refractivity contribution < 1.29 is 4.18 Å². The standard InChI is InChI=1S/C30H31NOS/c1-22-9-8-12-28(19-22)31-29-20-23(2)24(3)21-30(29)32-33(31,4)18-17-25-13-15-27(16-14-25)26-10-6-5-7-11-26/h5-16,19-21H,17-18H2,1-4H3. The van der Waals surface area contributed by atoms with Crippen molar-refractivity contribution in [3.8, 4) is 16.9 Å². The Balaban J connectivity index is 1.43. The Kier molecular flexibility index (Phi) is 5.67. The van der Waals surface area contributed by atoms with Gasteiger partial charge in [0.1, 0.15) is 0 Å². The highest BCUT2D eigenvalue weighted by Gasteiger charge is 2.39. The SMILES string of the molecule is Cc1cccc(N2c3cc(C)c(C)cc3OS2(C)CCc2ccc(-c3ccccc3)cc2)c1. The summed E-state index contributed by atoms with van der Waals surface area (Å²) in [4.78, 5) is 0. The third-order valence-electron chi connectivity index (χ3n) is 6.52. The Hall–Kier alpha value is -3.17. The molecule has 0 saturated heterocycles. The molecular weight excluding hydrogens is 422 g/mol. The summed E-state index contributed by atoms with van der Waals surface area (Å²) in [6.07, 6.45) is 3.29.